The highest BCUT2D eigenvalue weighted by molar-refractivity contribution is 5.94. The lowest BCUT2D eigenvalue weighted by molar-refractivity contribution is 0.0747. The van der Waals surface area contributed by atoms with E-state index in [1.807, 2.05) is 30.8 Å². The van der Waals surface area contributed by atoms with E-state index < -0.39 is 0 Å². The molecule has 20 heavy (non-hydrogen) atoms. The highest BCUT2D eigenvalue weighted by Gasteiger charge is 2.16. The normalized spacial score (nSPS) is 10.1. The third kappa shape index (κ3) is 2.86. The largest absolute Gasteiger partial charge is 0.337 e. The van der Waals surface area contributed by atoms with Crippen LogP contribution in [0, 0.1) is 11.3 Å². The van der Waals surface area contributed by atoms with Crippen molar-refractivity contribution in [3.8, 4) is 6.07 Å². The van der Waals surface area contributed by atoms with Crippen LogP contribution in [0.2, 0.25) is 0 Å². The molecule has 0 aliphatic carbocycles. The number of aromatic nitrogens is 2. The zero-order chi connectivity index (χ0) is 14.5. The Hall–Kier alpha value is -2.61. The number of hydrogen-bond acceptors (Lipinski definition) is 3. The van der Waals surface area contributed by atoms with Gasteiger partial charge >= 0.3 is 0 Å². The summed E-state index contributed by atoms with van der Waals surface area (Å²) in [6.07, 6.45) is 3.56. The molecule has 0 saturated carbocycles. The Bertz CT molecular complexity index is 654. The van der Waals surface area contributed by atoms with Crippen molar-refractivity contribution >= 4 is 5.91 Å². The SMILES string of the molecule is CCN(Cc1nccn1C)C(=O)c1cccc(C#N)c1. The number of nitrogens with zero attached hydrogens (tertiary/aromatic N) is 4. The summed E-state index contributed by atoms with van der Waals surface area (Å²) in [6.45, 7) is 2.97. The first-order chi connectivity index (χ1) is 9.65. The summed E-state index contributed by atoms with van der Waals surface area (Å²) in [4.78, 5) is 18.4. The summed E-state index contributed by atoms with van der Waals surface area (Å²) in [7, 11) is 1.90. The molecule has 1 heterocycles. The van der Waals surface area contributed by atoms with Crippen LogP contribution < -0.4 is 0 Å². The van der Waals surface area contributed by atoms with Crippen LogP contribution in [0.1, 0.15) is 28.7 Å². The molecule has 0 radical (unpaired) electrons. The van der Waals surface area contributed by atoms with Crippen molar-refractivity contribution in [2.75, 3.05) is 6.54 Å². The van der Waals surface area contributed by atoms with E-state index in [1.165, 1.54) is 0 Å². The van der Waals surface area contributed by atoms with Gasteiger partial charge in [-0.15, -0.1) is 0 Å². The maximum atomic E-state index is 12.5. The summed E-state index contributed by atoms with van der Waals surface area (Å²) in [5.74, 6) is 0.740. The minimum absolute atomic E-state index is 0.0902. The molecule has 0 saturated heterocycles. The molecule has 0 fully saturated rings. The predicted octanol–water partition coefficient (Wildman–Crippen LogP) is 1.95. The number of carbonyl (C=O) groups excluding carboxylic acids is 1. The lowest BCUT2D eigenvalue weighted by Crippen LogP contribution is -2.31. The van der Waals surface area contributed by atoms with E-state index in [-0.39, 0.29) is 5.91 Å². The van der Waals surface area contributed by atoms with Crippen molar-refractivity contribution in [1.82, 2.24) is 14.5 Å². The molecule has 1 amide bonds. The number of benzene rings is 1. The minimum Gasteiger partial charge on any atom is -0.337 e. The molecule has 2 aromatic rings. The molecule has 0 spiro atoms. The summed E-state index contributed by atoms with van der Waals surface area (Å²) in [6, 6.07) is 8.80. The number of nitriles is 1. The summed E-state index contributed by atoms with van der Waals surface area (Å²) < 4.78 is 1.89. The molecule has 0 bridgehead atoms. The Balaban J connectivity index is 2.21. The Kier molecular flexibility index (Phi) is 4.16. The van der Waals surface area contributed by atoms with Crippen LogP contribution in [0.3, 0.4) is 0 Å². The maximum absolute atomic E-state index is 12.5. The first-order valence-corrected chi connectivity index (χ1v) is 6.41. The average Bonchev–Trinajstić information content (AvgIpc) is 2.89. The van der Waals surface area contributed by atoms with Gasteiger partial charge < -0.3 is 9.47 Å². The Morgan fingerprint density at radius 2 is 2.30 bits per heavy atom. The van der Waals surface area contributed by atoms with Crippen LogP contribution in [-0.2, 0) is 13.6 Å². The second kappa shape index (κ2) is 6.02. The monoisotopic (exact) mass is 268 g/mol. The second-order valence-electron chi connectivity index (χ2n) is 4.47. The maximum Gasteiger partial charge on any atom is 0.254 e. The van der Waals surface area contributed by atoms with Crippen molar-refractivity contribution in [3.63, 3.8) is 0 Å². The van der Waals surface area contributed by atoms with Crippen molar-refractivity contribution < 1.29 is 4.79 Å². The minimum atomic E-state index is -0.0902. The molecule has 5 nitrogen and oxygen atoms in total. The molecule has 0 aliphatic heterocycles. The quantitative estimate of drug-likeness (QED) is 0.851. The number of amides is 1. The van der Waals surface area contributed by atoms with E-state index in [2.05, 4.69) is 4.98 Å². The van der Waals surface area contributed by atoms with Gasteiger partial charge in [0.2, 0.25) is 0 Å². The van der Waals surface area contributed by atoms with Crippen LogP contribution in [0.4, 0.5) is 0 Å². The molecule has 102 valence electrons. The molecular formula is C15H16N4O. The number of carbonyl (C=O) groups is 1. The molecular weight excluding hydrogens is 252 g/mol. The van der Waals surface area contributed by atoms with Crippen LogP contribution in [0.5, 0.6) is 0 Å². The van der Waals surface area contributed by atoms with E-state index in [9.17, 15) is 4.79 Å². The van der Waals surface area contributed by atoms with Gasteiger partial charge in [0.1, 0.15) is 5.82 Å². The number of imidazole rings is 1. The average molecular weight is 268 g/mol. The first kappa shape index (κ1) is 13.8. The number of aryl methyl sites for hydroxylation is 1. The fraction of sp³-hybridized carbons (Fsp3) is 0.267. The van der Waals surface area contributed by atoms with Gasteiger partial charge in [-0.3, -0.25) is 4.79 Å². The molecule has 0 unspecified atom stereocenters. The molecule has 1 aromatic heterocycles. The van der Waals surface area contributed by atoms with E-state index in [4.69, 9.17) is 5.26 Å². The predicted molar refractivity (Wildman–Crippen MR) is 74.8 cm³/mol. The lowest BCUT2D eigenvalue weighted by atomic mass is 10.1. The van der Waals surface area contributed by atoms with E-state index in [0.29, 0.717) is 24.2 Å². The number of hydrogen-bond donors (Lipinski definition) is 0. The van der Waals surface area contributed by atoms with Crippen LogP contribution in [0.25, 0.3) is 0 Å². The lowest BCUT2D eigenvalue weighted by Gasteiger charge is -2.20. The highest BCUT2D eigenvalue weighted by Crippen LogP contribution is 2.10. The van der Waals surface area contributed by atoms with Gasteiger partial charge in [-0.1, -0.05) is 6.07 Å². The fourth-order valence-electron chi connectivity index (χ4n) is 1.95. The van der Waals surface area contributed by atoms with Crippen LogP contribution >= 0.6 is 0 Å². The van der Waals surface area contributed by atoms with Gasteiger partial charge in [0.15, 0.2) is 0 Å². The summed E-state index contributed by atoms with van der Waals surface area (Å²) in [5.41, 5.74) is 1.02. The van der Waals surface area contributed by atoms with Gasteiger partial charge in [-0.05, 0) is 25.1 Å². The fourth-order valence-corrected chi connectivity index (χ4v) is 1.95. The summed E-state index contributed by atoms with van der Waals surface area (Å²) >= 11 is 0. The Labute approximate surface area is 118 Å². The molecule has 0 atom stereocenters. The molecule has 0 aliphatic rings. The van der Waals surface area contributed by atoms with Crippen LogP contribution in [-0.4, -0.2) is 26.9 Å². The summed E-state index contributed by atoms with van der Waals surface area (Å²) in [5, 5.41) is 8.90. The molecule has 0 N–H and O–H groups in total. The highest BCUT2D eigenvalue weighted by atomic mass is 16.2. The Morgan fingerprint density at radius 3 is 2.90 bits per heavy atom. The van der Waals surface area contributed by atoms with Gasteiger partial charge in [0.05, 0.1) is 18.2 Å². The first-order valence-electron chi connectivity index (χ1n) is 6.41. The standard InChI is InChI=1S/C15H16N4O/c1-3-19(11-14-17-7-8-18(14)2)15(20)13-6-4-5-12(9-13)10-16/h4-9H,3,11H2,1-2H3. The van der Waals surface area contributed by atoms with Gasteiger partial charge in [0.25, 0.3) is 5.91 Å². The van der Waals surface area contributed by atoms with E-state index >= 15 is 0 Å². The Morgan fingerprint density at radius 1 is 1.50 bits per heavy atom. The van der Waals surface area contributed by atoms with Crippen LogP contribution in [0.15, 0.2) is 36.7 Å². The third-order valence-corrected chi connectivity index (χ3v) is 3.16. The van der Waals surface area contributed by atoms with E-state index in [1.54, 1.807) is 35.4 Å². The van der Waals surface area contributed by atoms with Crippen molar-refractivity contribution in [2.45, 2.75) is 13.5 Å². The van der Waals surface area contributed by atoms with Crippen molar-refractivity contribution in [3.05, 3.63) is 53.6 Å². The van der Waals surface area contributed by atoms with Gasteiger partial charge in [-0.25, -0.2) is 4.98 Å². The molecule has 2 rings (SSSR count). The molecule has 1 aromatic carbocycles. The smallest absolute Gasteiger partial charge is 0.254 e. The zero-order valence-corrected chi connectivity index (χ0v) is 11.6. The van der Waals surface area contributed by atoms with E-state index in [0.717, 1.165) is 5.82 Å². The topological polar surface area (TPSA) is 61.9 Å². The van der Waals surface area contributed by atoms with Gasteiger partial charge in [0, 0.05) is 31.5 Å². The van der Waals surface area contributed by atoms with Crippen molar-refractivity contribution in [1.29, 1.82) is 5.26 Å². The third-order valence-electron chi connectivity index (χ3n) is 3.16. The molecule has 5 heteroatoms. The van der Waals surface area contributed by atoms with Gasteiger partial charge in [-0.2, -0.15) is 5.26 Å². The van der Waals surface area contributed by atoms with Crippen molar-refractivity contribution in [2.24, 2.45) is 7.05 Å². The number of rotatable bonds is 4. The second-order valence-corrected chi connectivity index (χ2v) is 4.47. The zero-order valence-electron chi connectivity index (χ0n) is 11.6.